The van der Waals surface area contributed by atoms with E-state index in [2.05, 4.69) is 31.7 Å². The minimum absolute atomic E-state index is 0.100. The Morgan fingerprint density at radius 1 is 1.17 bits per heavy atom. The Morgan fingerprint density at radius 2 is 1.87 bits per heavy atom. The Balaban J connectivity index is 1.63. The van der Waals surface area contributed by atoms with Gasteiger partial charge in [-0.3, -0.25) is 4.90 Å². The lowest BCUT2D eigenvalue weighted by atomic mass is 9.84. The van der Waals surface area contributed by atoms with Crippen LogP contribution in [0, 0.1) is 11.5 Å². The third-order valence-corrected chi connectivity index (χ3v) is 6.04. The number of nitrogens with zero attached hydrogens (tertiary/aromatic N) is 1. The summed E-state index contributed by atoms with van der Waals surface area (Å²) in [5.74, 6) is -0.257. The van der Waals surface area contributed by atoms with Crippen LogP contribution in [0.1, 0.15) is 51.5 Å². The molecule has 1 saturated heterocycles. The first-order valence-electron chi connectivity index (χ1n) is 10.5. The maximum absolute atomic E-state index is 13.4. The van der Waals surface area contributed by atoms with Crippen LogP contribution in [0.2, 0.25) is 0 Å². The topological polar surface area (TPSA) is 12.5 Å². The fourth-order valence-corrected chi connectivity index (χ4v) is 4.31. The number of allylic oxidation sites excluding steroid dienone is 4. The van der Waals surface area contributed by atoms with Crippen molar-refractivity contribution in [1.29, 1.82) is 0 Å². The summed E-state index contributed by atoms with van der Waals surface area (Å²) in [6.07, 6.45) is 3.85. The van der Waals surface area contributed by atoms with Gasteiger partial charge in [0.25, 0.3) is 0 Å². The average Bonchev–Trinajstić information content (AvgIpc) is 2.66. The van der Waals surface area contributed by atoms with Crippen LogP contribution in [0.15, 0.2) is 42.0 Å². The number of benzene rings is 1. The third-order valence-electron chi connectivity index (χ3n) is 5.66. The molecule has 0 bridgehead atoms. The normalized spacial score (nSPS) is 25.8. The lowest BCUT2D eigenvalue weighted by Crippen LogP contribution is -2.42. The standard InChI is InChI=1S/C24H30ClF3NO/c1-23(2,3)13-15-29-14-5-6-19(16-29)30-18-11-9-17(10-12-18)22-20(24(26,27)28)7-4-8-21(22)25/h7-12,19,21-22H,5-6,13-16H2,1-3H3. The Kier molecular flexibility index (Phi) is 7.24. The Morgan fingerprint density at radius 3 is 2.50 bits per heavy atom. The van der Waals surface area contributed by atoms with Gasteiger partial charge < -0.3 is 4.74 Å². The molecule has 1 fully saturated rings. The molecule has 1 aliphatic carbocycles. The van der Waals surface area contributed by atoms with Gasteiger partial charge in [0, 0.05) is 18.0 Å². The minimum Gasteiger partial charge on any atom is -0.489 e. The summed E-state index contributed by atoms with van der Waals surface area (Å²) in [6, 6.07) is 6.88. The first-order valence-corrected chi connectivity index (χ1v) is 11.0. The van der Waals surface area contributed by atoms with E-state index in [4.69, 9.17) is 16.3 Å². The van der Waals surface area contributed by atoms with Gasteiger partial charge >= 0.3 is 6.18 Å². The molecule has 0 spiro atoms. The lowest BCUT2D eigenvalue weighted by molar-refractivity contribution is -0.0959. The van der Waals surface area contributed by atoms with E-state index in [0.29, 0.717) is 16.7 Å². The van der Waals surface area contributed by atoms with Crippen molar-refractivity contribution in [3.63, 3.8) is 0 Å². The van der Waals surface area contributed by atoms with Crippen LogP contribution in [0.4, 0.5) is 13.2 Å². The summed E-state index contributed by atoms with van der Waals surface area (Å²) in [6.45, 7) is 9.76. The van der Waals surface area contributed by atoms with E-state index >= 15 is 0 Å². The van der Waals surface area contributed by atoms with Crippen LogP contribution in [0.5, 0.6) is 5.75 Å². The molecule has 2 nitrogen and oxygen atoms in total. The molecule has 1 aromatic rings. The molecule has 0 aromatic heterocycles. The summed E-state index contributed by atoms with van der Waals surface area (Å²) in [7, 11) is 0. The van der Waals surface area contributed by atoms with E-state index in [0.717, 1.165) is 45.0 Å². The predicted octanol–water partition coefficient (Wildman–Crippen LogP) is 6.52. The number of ether oxygens (including phenoxy) is 1. The van der Waals surface area contributed by atoms with Crippen molar-refractivity contribution >= 4 is 11.6 Å². The fourth-order valence-electron chi connectivity index (χ4n) is 3.96. The zero-order chi connectivity index (χ0) is 21.9. The van der Waals surface area contributed by atoms with Gasteiger partial charge in [0.1, 0.15) is 11.9 Å². The molecule has 3 unspecified atom stereocenters. The molecule has 3 rings (SSSR count). The molecular formula is C24H30ClF3NO. The van der Waals surface area contributed by atoms with Gasteiger partial charge in [-0.25, -0.2) is 0 Å². The zero-order valence-electron chi connectivity index (χ0n) is 17.8. The number of rotatable bonds is 5. The summed E-state index contributed by atoms with van der Waals surface area (Å²) in [5.41, 5.74) is 0.166. The molecular weight excluding hydrogens is 411 g/mol. The van der Waals surface area contributed by atoms with Crippen LogP contribution in [-0.4, -0.2) is 42.2 Å². The molecule has 2 aliphatic rings. The fraction of sp³-hybridized carbons (Fsp3) is 0.583. The van der Waals surface area contributed by atoms with Gasteiger partial charge in [0.2, 0.25) is 0 Å². The van der Waals surface area contributed by atoms with Gasteiger partial charge in [-0.1, -0.05) is 39.0 Å². The van der Waals surface area contributed by atoms with E-state index < -0.39 is 23.0 Å². The number of hydrogen-bond donors (Lipinski definition) is 0. The maximum atomic E-state index is 13.4. The number of piperidine rings is 1. The van der Waals surface area contributed by atoms with Crippen molar-refractivity contribution in [1.82, 2.24) is 4.90 Å². The van der Waals surface area contributed by atoms with Gasteiger partial charge in [0.05, 0.1) is 5.38 Å². The first kappa shape index (κ1) is 23.2. The summed E-state index contributed by atoms with van der Waals surface area (Å²) < 4.78 is 46.4. The van der Waals surface area contributed by atoms with Crippen LogP contribution >= 0.6 is 11.6 Å². The maximum Gasteiger partial charge on any atom is 0.413 e. The Labute approximate surface area is 182 Å². The summed E-state index contributed by atoms with van der Waals surface area (Å²) in [4.78, 5) is 2.44. The van der Waals surface area contributed by atoms with Gasteiger partial charge in [0.15, 0.2) is 0 Å². The molecule has 0 saturated carbocycles. The van der Waals surface area contributed by atoms with E-state index in [1.165, 1.54) is 6.08 Å². The van der Waals surface area contributed by atoms with Crippen molar-refractivity contribution in [2.75, 3.05) is 19.6 Å². The number of alkyl halides is 4. The van der Waals surface area contributed by atoms with Crippen LogP contribution in [0.25, 0.3) is 0 Å². The molecule has 3 atom stereocenters. The zero-order valence-corrected chi connectivity index (χ0v) is 18.6. The van der Waals surface area contributed by atoms with Gasteiger partial charge in [-0.2, -0.15) is 13.2 Å². The van der Waals surface area contributed by atoms with Crippen molar-refractivity contribution in [3.8, 4) is 5.75 Å². The number of likely N-dealkylation sites (tertiary alicyclic amines) is 1. The average molecular weight is 441 g/mol. The largest absolute Gasteiger partial charge is 0.489 e. The smallest absolute Gasteiger partial charge is 0.413 e. The minimum atomic E-state index is -4.44. The van der Waals surface area contributed by atoms with Gasteiger partial charge in [-0.15, -0.1) is 11.6 Å². The van der Waals surface area contributed by atoms with Crippen LogP contribution < -0.4 is 4.74 Å². The highest BCUT2D eigenvalue weighted by Gasteiger charge is 2.42. The molecule has 30 heavy (non-hydrogen) atoms. The second-order valence-corrected chi connectivity index (χ2v) is 9.92. The highest BCUT2D eigenvalue weighted by Crippen LogP contribution is 2.43. The van der Waals surface area contributed by atoms with Crippen molar-refractivity contribution < 1.29 is 17.9 Å². The van der Waals surface area contributed by atoms with Crippen LogP contribution in [0.3, 0.4) is 0 Å². The summed E-state index contributed by atoms with van der Waals surface area (Å²) >= 11 is 6.20. The monoisotopic (exact) mass is 440 g/mol. The first-order chi connectivity index (χ1) is 14.0. The quantitative estimate of drug-likeness (QED) is 0.483. The predicted molar refractivity (Wildman–Crippen MR) is 115 cm³/mol. The molecule has 1 aromatic carbocycles. The molecule has 1 aliphatic heterocycles. The highest BCUT2D eigenvalue weighted by molar-refractivity contribution is 6.22. The molecule has 1 heterocycles. The number of halogens is 4. The van der Waals surface area contributed by atoms with Crippen LogP contribution in [-0.2, 0) is 0 Å². The number of hydrogen-bond acceptors (Lipinski definition) is 2. The van der Waals surface area contributed by atoms with E-state index in [9.17, 15) is 13.2 Å². The SMILES string of the molecule is CC(C)(C)CCN1CCCC(Oc2ccc(C3C(C(F)(F)F)=C[C]=CC3Cl)cc2)C1. The van der Waals surface area contributed by atoms with Crippen molar-refractivity contribution in [3.05, 3.63) is 53.6 Å². The van der Waals surface area contributed by atoms with Crippen molar-refractivity contribution in [2.24, 2.45) is 5.41 Å². The second-order valence-electron chi connectivity index (χ2n) is 9.42. The van der Waals surface area contributed by atoms with Gasteiger partial charge in [-0.05, 0) is 67.6 Å². The van der Waals surface area contributed by atoms with E-state index in [-0.39, 0.29) is 6.10 Å². The molecule has 165 valence electrons. The third kappa shape index (κ3) is 6.27. The van der Waals surface area contributed by atoms with E-state index in [1.54, 1.807) is 24.3 Å². The second kappa shape index (κ2) is 9.35. The highest BCUT2D eigenvalue weighted by atomic mass is 35.5. The van der Waals surface area contributed by atoms with Crippen molar-refractivity contribution in [2.45, 2.75) is 63.6 Å². The molecule has 0 N–H and O–H groups in total. The molecule has 0 amide bonds. The lowest BCUT2D eigenvalue weighted by Gasteiger charge is -2.34. The Bertz CT molecular complexity index is 764. The van der Waals surface area contributed by atoms with E-state index in [1.807, 2.05) is 0 Å². The molecule has 1 radical (unpaired) electrons. The Hall–Kier alpha value is -1.46. The molecule has 6 heteroatoms. The summed E-state index contributed by atoms with van der Waals surface area (Å²) in [5, 5.41) is -0.784.